The summed E-state index contributed by atoms with van der Waals surface area (Å²) in [7, 11) is -3.12. The van der Waals surface area contributed by atoms with Gasteiger partial charge in [0.25, 0.3) is 0 Å². The third-order valence-corrected chi connectivity index (χ3v) is 7.99. The van der Waals surface area contributed by atoms with Crippen molar-refractivity contribution in [1.82, 2.24) is 4.90 Å². The normalized spacial score (nSPS) is 29.2. The maximum Gasteiger partial charge on any atom is 0.249 e. The third-order valence-electron chi connectivity index (χ3n) is 5.39. The van der Waals surface area contributed by atoms with Crippen molar-refractivity contribution in [2.75, 3.05) is 32.1 Å². The van der Waals surface area contributed by atoms with E-state index in [0.717, 1.165) is 31.3 Å². The van der Waals surface area contributed by atoms with Crippen molar-refractivity contribution in [3.8, 4) is 0 Å². The van der Waals surface area contributed by atoms with Crippen LogP contribution in [0.2, 0.25) is 0 Å². The standard InChI is InChI=1S/C16H25NO4S/c1-2-21-10-14-8-9-22(19,20)16(14)11-17(12-16)15(18)13-6-4-3-5-7-13/h6,14H,2-5,7-12H2,1H3/t14-/m0/s1. The Kier molecular flexibility index (Phi) is 4.34. The van der Waals surface area contributed by atoms with E-state index in [1.54, 1.807) is 4.90 Å². The van der Waals surface area contributed by atoms with E-state index in [1.807, 2.05) is 13.0 Å². The molecule has 6 heteroatoms. The zero-order valence-electron chi connectivity index (χ0n) is 13.2. The Morgan fingerprint density at radius 3 is 2.82 bits per heavy atom. The third kappa shape index (κ3) is 2.50. The van der Waals surface area contributed by atoms with E-state index >= 15 is 0 Å². The van der Waals surface area contributed by atoms with Gasteiger partial charge in [0, 0.05) is 31.2 Å². The number of amides is 1. The maximum atomic E-state index is 12.5. The maximum absolute atomic E-state index is 12.5. The highest BCUT2D eigenvalue weighted by molar-refractivity contribution is 7.93. The SMILES string of the molecule is CCOC[C@@H]1CCS(=O)(=O)C12CN(C(=O)C1=CCCCC1)C2. The molecule has 0 radical (unpaired) electrons. The van der Waals surface area contributed by atoms with Crippen LogP contribution in [0.5, 0.6) is 0 Å². The molecule has 1 atom stereocenters. The average Bonchev–Trinajstić information content (AvgIpc) is 2.74. The van der Waals surface area contributed by atoms with Crippen LogP contribution in [0.1, 0.15) is 39.0 Å². The van der Waals surface area contributed by atoms with Crippen LogP contribution in [-0.4, -0.2) is 56.0 Å². The molecule has 0 aromatic heterocycles. The summed E-state index contributed by atoms with van der Waals surface area (Å²) in [4.78, 5) is 14.2. The van der Waals surface area contributed by atoms with E-state index < -0.39 is 14.6 Å². The quantitative estimate of drug-likeness (QED) is 0.786. The Hall–Kier alpha value is -0.880. The first-order valence-corrected chi connectivity index (χ1v) is 9.94. The van der Waals surface area contributed by atoms with Crippen molar-refractivity contribution >= 4 is 15.7 Å². The van der Waals surface area contributed by atoms with Crippen LogP contribution in [0.4, 0.5) is 0 Å². The molecular formula is C16H25NO4S. The molecule has 2 fully saturated rings. The van der Waals surface area contributed by atoms with E-state index in [0.29, 0.717) is 32.7 Å². The van der Waals surface area contributed by atoms with Crippen LogP contribution in [0.3, 0.4) is 0 Å². The number of likely N-dealkylation sites (tertiary alicyclic amines) is 1. The zero-order chi connectivity index (χ0) is 15.8. The molecular weight excluding hydrogens is 302 g/mol. The van der Waals surface area contributed by atoms with Gasteiger partial charge in [-0.3, -0.25) is 4.79 Å². The lowest BCUT2D eigenvalue weighted by molar-refractivity contribution is -0.133. The van der Waals surface area contributed by atoms with Gasteiger partial charge in [-0.1, -0.05) is 6.08 Å². The highest BCUT2D eigenvalue weighted by Gasteiger charge is 2.62. The molecule has 0 aromatic rings. The molecule has 0 bridgehead atoms. The molecule has 3 aliphatic rings. The van der Waals surface area contributed by atoms with Gasteiger partial charge in [0.05, 0.1) is 12.4 Å². The molecule has 2 heterocycles. The molecule has 124 valence electrons. The first kappa shape index (κ1) is 16.0. The lowest BCUT2D eigenvalue weighted by Gasteiger charge is -2.50. The Bertz CT molecular complexity index is 575. The molecule has 5 nitrogen and oxygen atoms in total. The number of hydrogen-bond donors (Lipinski definition) is 0. The topological polar surface area (TPSA) is 63.7 Å². The fourth-order valence-corrected chi connectivity index (χ4v) is 6.35. The van der Waals surface area contributed by atoms with Gasteiger partial charge in [-0.25, -0.2) is 8.42 Å². The molecule has 2 aliphatic heterocycles. The minimum atomic E-state index is -3.12. The van der Waals surface area contributed by atoms with Crippen molar-refractivity contribution in [2.45, 2.75) is 43.8 Å². The van der Waals surface area contributed by atoms with Gasteiger partial charge >= 0.3 is 0 Å². The predicted molar refractivity (Wildman–Crippen MR) is 84.2 cm³/mol. The minimum Gasteiger partial charge on any atom is -0.381 e. The molecule has 22 heavy (non-hydrogen) atoms. The van der Waals surface area contributed by atoms with Crippen LogP contribution in [0.25, 0.3) is 0 Å². The van der Waals surface area contributed by atoms with Crippen LogP contribution < -0.4 is 0 Å². The highest BCUT2D eigenvalue weighted by Crippen LogP contribution is 2.45. The number of allylic oxidation sites excluding steroid dienone is 1. The second-order valence-corrected chi connectivity index (χ2v) is 9.12. The smallest absolute Gasteiger partial charge is 0.249 e. The largest absolute Gasteiger partial charge is 0.381 e. The summed E-state index contributed by atoms with van der Waals surface area (Å²) in [6.07, 6.45) is 6.68. The second kappa shape index (κ2) is 5.96. The van der Waals surface area contributed by atoms with Crippen LogP contribution >= 0.6 is 0 Å². The molecule has 1 amide bonds. The molecule has 3 rings (SSSR count). The Morgan fingerprint density at radius 2 is 2.18 bits per heavy atom. The number of carbonyl (C=O) groups excluding carboxylic acids is 1. The lowest BCUT2D eigenvalue weighted by atomic mass is 9.83. The Labute approximate surface area is 132 Å². The monoisotopic (exact) mass is 327 g/mol. The average molecular weight is 327 g/mol. The predicted octanol–water partition coefficient (Wildman–Crippen LogP) is 1.54. The summed E-state index contributed by atoms with van der Waals surface area (Å²) in [6.45, 7) is 3.71. The highest BCUT2D eigenvalue weighted by atomic mass is 32.2. The summed E-state index contributed by atoms with van der Waals surface area (Å²) >= 11 is 0. The number of rotatable bonds is 4. The van der Waals surface area contributed by atoms with Gasteiger partial charge < -0.3 is 9.64 Å². The van der Waals surface area contributed by atoms with Gasteiger partial charge in [-0.05, 0) is 39.0 Å². The minimum absolute atomic E-state index is 0.0295. The van der Waals surface area contributed by atoms with Gasteiger partial charge in [0.2, 0.25) is 5.91 Å². The Balaban J connectivity index is 1.70. The summed E-state index contributed by atoms with van der Waals surface area (Å²) in [5, 5.41) is 0. The lowest BCUT2D eigenvalue weighted by Crippen LogP contribution is -2.69. The van der Waals surface area contributed by atoms with Crippen molar-refractivity contribution in [2.24, 2.45) is 5.92 Å². The fourth-order valence-electron chi connectivity index (χ4n) is 3.95. The number of ether oxygens (including phenoxy) is 1. The van der Waals surface area contributed by atoms with E-state index in [2.05, 4.69) is 0 Å². The molecule has 0 unspecified atom stereocenters. The van der Waals surface area contributed by atoms with Crippen molar-refractivity contribution in [3.05, 3.63) is 11.6 Å². The van der Waals surface area contributed by atoms with Gasteiger partial charge in [0.1, 0.15) is 4.75 Å². The molecule has 0 N–H and O–H groups in total. The second-order valence-electron chi connectivity index (χ2n) is 6.67. The fraction of sp³-hybridized carbons (Fsp3) is 0.812. The van der Waals surface area contributed by atoms with Crippen LogP contribution in [0.15, 0.2) is 11.6 Å². The van der Waals surface area contributed by atoms with Crippen molar-refractivity contribution < 1.29 is 17.9 Å². The van der Waals surface area contributed by atoms with Crippen LogP contribution in [0, 0.1) is 5.92 Å². The van der Waals surface area contributed by atoms with E-state index in [-0.39, 0.29) is 17.6 Å². The van der Waals surface area contributed by atoms with Crippen LogP contribution in [-0.2, 0) is 19.4 Å². The number of sulfone groups is 1. The summed E-state index contributed by atoms with van der Waals surface area (Å²) in [5.41, 5.74) is 0.873. The van der Waals surface area contributed by atoms with Gasteiger partial charge in [0.15, 0.2) is 9.84 Å². The first-order chi connectivity index (χ1) is 10.5. The Morgan fingerprint density at radius 1 is 1.41 bits per heavy atom. The van der Waals surface area contributed by atoms with Crippen molar-refractivity contribution in [1.29, 1.82) is 0 Å². The summed E-state index contributed by atoms with van der Waals surface area (Å²) < 4.78 is 29.7. The van der Waals surface area contributed by atoms with Gasteiger partial charge in [-0.15, -0.1) is 0 Å². The molecule has 2 saturated heterocycles. The zero-order valence-corrected chi connectivity index (χ0v) is 14.0. The van der Waals surface area contributed by atoms with Crippen molar-refractivity contribution in [3.63, 3.8) is 0 Å². The first-order valence-electron chi connectivity index (χ1n) is 8.28. The number of carbonyl (C=O) groups is 1. The van der Waals surface area contributed by atoms with E-state index in [1.165, 1.54) is 0 Å². The summed E-state index contributed by atoms with van der Waals surface area (Å²) in [6, 6.07) is 0. The molecule has 1 aliphatic carbocycles. The molecule has 1 spiro atoms. The van der Waals surface area contributed by atoms with E-state index in [4.69, 9.17) is 4.74 Å². The van der Waals surface area contributed by atoms with Gasteiger partial charge in [-0.2, -0.15) is 0 Å². The number of hydrogen-bond acceptors (Lipinski definition) is 4. The molecule has 0 aromatic carbocycles. The number of nitrogens with zero attached hydrogens (tertiary/aromatic N) is 1. The van der Waals surface area contributed by atoms with E-state index in [9.17, 15) is 13.2 Å². The summed E-state index contributed by atoms with van der Waals surface area (Å²) in [5.74, 6) is 0.305. The molecule has 0 saturated carbocycles.